The Kier molecular flexibility index (Phi) is 2.41. The third-order valence-corrected chi connectivity index (χ3v) is 3.36. The monoisotopic (exact) mass is 283 g/mol. The van der Waals surface area contributed by atoms with E-state index in [1.165, 1.54) is 12.3 Å². The molecule has 0 aliphatic heterocycles. The summed E-state index contributed by atoms with van der Waals surface area (Å²) < 4.78 is 21.1. The molecule has 0 amide bonds. The molecule has 0 aliphatic rings. The summed E-state index contributed by atoms with van der Waals surface area (Å²) in [6, 6.07) is 4.98. The van der Waals surface area contributed by atoms with Crippen molar-refractivity contribution in [3.63, 3.8) is 0 Å². The van der Waals surface area contributed by atoms with Gasteiger partial charge < -0.3 is 4.74 Å². The van der Waals surface area contributed by atoms with E-state index < -0.39 is 5.82 Å². The second kappa shape index (κ2) is 4.27. The van der Waals surface area contributed by atoms with E-state index >= 15 is 0 Å². The van der Waals surface area contributed by atoms with Crippen LogP contribution in [0.25, 0.3) is 27.8 Å². The number of fused-ring (bicyclic) bond motifs is 2. The maximum Gasteiger partial charge on any atom is 0.156 e. The number of aromatic nitrogens is 5. The summed E-state index contributed by atoms with van der Waals surface area (Å²) in [5.74, 6) is 0.258. The first kappa shape index (κ1) is 11.8. The van der Waals surface area contributed by atoms with Crippen molar-refractivity contribution in [3.05, 3.63) is 42.6 Å². The van der Waals surface area contributed by atoms with Gasteiger partial charge in [0.15, 0.2) is 5.65 Å². The number of rotatable bonds is 2. The average molecular weight is 283 g/mol. The molecule has 4 aromatic rings. The molecule has 0 aliphatic carbocycles. The van der Waals surface area contributed by atoms with Gasteiger partial charge in [0.05, 0.1) is 25.0 Å². The number of halogens is 1. The maximum atomic E-state index is 14.3. The molecule has 0 fully saturated rings. The summed E-state index contributed by atoms with van der Waals surface area (Å²) in [6.07, 6.45) is 4.88. The fraction of sp³-hybridized carbons (Fsp3) is 0.0714. The topological polar surface area (TPSA) is 68.1 Å². The van der Waals surface area contributed by atoms with Gasteiger partial charge in [-0.2, -0.15) is 10.2 Å². The minimum Gasteiger partial charge on any atom is -0.497 e. The number of pyridine rings is 2. The van der Waals surface area contributed by atoms with Crippen LogP contribution in [0, 0.1) is 5.82 Å². The number of nitrogens with zero attached hydrogens (tertiary/aromatic N) is 4. The lowest BCUT2D eigenvalue weighted by Gasteiger charge is -2.03. The van der Waals surface area contributed by atoms with Gasteiger partial charge >= 0.3 is 0 Å². The van der Waals surface area contributed by atoms with E-state index in [1.807, 2.05) is 0 Å². The van der Waals surface area contributed by atoms with Crippen molar-refractivity contribution < 1.29 is 9.13 Å². The second-order valence-corrected chi connectivity index (χ2v) is 4.58. The molecule has 0 bridgehead atoms. The fourth-order valence-corrected chi connectivity index (χ4v) is 2.31. The Morgan fingerprint density at radius 3 is 3.05 bits per heavy atom. The van der Waals surface area contributed by atoms with Crippen LogP contribution in [0.3, 0.4) is 0 Å². The molecule has 4 rings (SSSR count). The van der Waals surface area contributed by atoms with Crippen LogP contribution in [-0.4, -0.2) is 31.9 Å². The van der Waals surface area contributed by atoms with Crippen molar-refractivity contribution in [1.29, 1.82) is 0 Å². The molecule has 0 unspecified atom stereocenters. The highest BCUT2D eigenvalue weighted by molar-refractivity contribution is 5.83. The molecule has 6 nitrogen and oxygen atoms in total. The van der Waals surface area contributed by atoms with Gasteiger partial charge in [-0.05, 0) is 12.1 Å². The molecule has 104 valence electrons. The molecule has 21 heavy (non-hydrogen) atoms. The van der Waals surface area contributed by atoms with Crippen molar-refractivity contribution in [2.75, 3.05) is 7.11 Å². The van der Waals surface area contributed by atoms with Crippen molar-refractivity contribution in [2.45, 2.75) is 0 Å². The average Bonchev–Trinajstić information content (AvgIpc) is 3.11. The molecular weight excluding hydrogens is 273 g/mol. The molecule has 0 aromatic carbocycles. The Bertz CT molecular complexity index is 958. The van der Waals surface area contributed by atoms with Crippen molar-refractivity contribution in [3.8, 4) is 17.0 Å². The minimum atomic E-state index is -0.415. The van der Waals surface area contributed by atoms with E-state index in [4.69, 9.17) is 4.74 Å². The Morgan fingerprint density at radius 1 is 1.29 bits per heavy atom. The number of nitrogens with one attached hydrogen (secondary N) is 1. The highest BCUT2D eigenvalue weighted by atomic mass is 19.1. The Hall–Kier alpha value is -2.96. The largest absolute Gasteiger partial charge is 0.497 e. The van der Waals surface area contributed by atoms with Crippen LogP contribution in [0.4, 0.5) is 4.39 Å². The summed E-state index contributed by atoms with van der Waals surface area (Å²) in [4.78, 5) is 4.30. The minimum absolute atomic E-state index is 0.231. The summed E-state index contributed by atoms with van der Waals surface area (Å²) in [5.41, 5.74) is 2.09. The van der Waals surface area contributed by atoms with E-state index in [-0.39, 0.29) is 5.69 Å². The summed E-state index contributed by atoms with van der Waals surface area (Å²) in [7, 11) is 1.58. The second-order valence-electron chi connectivity index (χ2n) is 4.58. The van der Waals surface area contributed by atoms with Gasteiger partial charge in [0, 0.05) is 23.2 Å². The van der Waals surface area contributed by atoms with Gasteiger partial charge in [0.2, 0.25) is 0 Å². The lowest BCUT2D eigenvalue weighted by molar-refractivity contribution is 0.414. The number of ether oxygens (including phenoxy) is 1. The van der Waals surface area contributed by atoms with Gasteiger partial charge in [-0.25, -0.2) is 13.9 Å². The van der Waals surface area contributed by atoms with Crippen LogP contribution in [0.1, 0.15) is 0 Å². The van der Waals surface area contributed by atoms with E-state index in [0.717, 1.165) is 5.52 Å². The quantitative estimate of drug-likeness (QED) is 0.613. The molecular formula is C14H10FN5O. The summed E-state index contributed by atoms with van der Waals surface area (Å²) in [6.45, 7) is 0. The van der Waals surface area contributed by atoms with Crippen LogP contribution in [0.5, 0.6) is 5.75 Å². The normalized spacial score (nSPS) is 11.3. The smallest absolute Gasteiger partial charge is 0.156 e. The van der Waals surface area contributed by atoms with E-state index in [0.29, 0.717) is 22.3 Å². The van der Waals surface area contributed by atoms with Gasteiger partial charge in [-0.3, -0.25) is 5.10 Å². The van der Waals surface area contributed by atoms with Crippen LogP contribution < -0.4 is 4.74 Å². The van der Waals surface area contributed by atoms with Gasteiger partial charge in [-0.1, -0.05) is 0 Å². The SMILES string of the molecule is COc1ccn2ncc(-c3nc4[nH]ncc4cc3F)c2c1. The van der Waals surface area contributed by atoms with E-state index in [9.17, 15) is 4.39 Å². The number of aromatic amines is 1. The fourth-order valence-electron chi connectivity index (χ4n) is 2.31. The molecule has 1 N–H and O–H groups in total. The summed E-state index contributed by atoms with van der Waals surface area (Å²) in [5, 5.41) is 11.4. The standard InChI is InChI=1S/C14H10FN5O/c1-21-9-2-3-20-12(5-9)10(7-17-20)13-11(15)4-8-6-16-19-14(8)18-13/h2-7H,1H3,(H,16,18,19). The lowest BCUT2D eigenvalue weighted by Crippen LogP contribution is -1.92. The first-order chi connectivity index (χ1) is 10.3. The third kappa shape index (κ3) is 1.74. The highest BCUT2D eigenvalue weighted by Crippen LogP contribution is 2.28. The van der Waals surface area contributed by atoms with Gasteiger partial charge in [0.1, 0.15) is 17.3 Å². The molecule has 0 saturated carbocycles. The zero-order valence-corrected chi connectivity index (χ0v) is 11.0. The van der Waals surface area contributed by atoms with Crippen LogP contribution in [0.2, 0.25) is 0 Å². The molecule has 7 heteroatoms. The first-order valence-corrected chi connectivity index (χ1v) is 6.27. The molecule has 4 aromatic heterocycles. The molecule has 0 atom stereocenters. The number of methoxy groups -OCH3 is 1. The Morgan fingerprint density at radius 2 is 2.19 bits per heavy atom. The van der Waals surface area contributed by atoms with Gasteiger partial charge in [-0.15, -0.1) is 0 Å². The molecule has 4 heterocycles. The van der Waals surface area contributed by atoms with Crippen molar-refractivity contribution in [2.24, 2.45) is 0 Å². The van der Waals surface area contributed by atoms with Gasteiger partial charge in [0.25, 0.3) is 0 Å². The van der Waals surface area contributed by atoms with Crippen LogP contribution >= 0.6 is 0 Å². The first-order valence-electron chi connectivity index (χ1n) is 6.27. The van der Waals surface area contributed by atoms with Crippen molar-refractivity contribution in [1.82, 2.24) is 24.8 Å². The zero-order chi connectivity index (χ0) is 14.4. The van der Waals surface area contributed by atoms with E-state index in [2.05, 4.69) is 20.3 Å². The predicted molar refractivity (Wildman–Crippen MR) is 74.6 cm³/mol. The number of hydrogen-bond donors (Lipinski definition) is 1. The third-order valence-electron chi connectivity index (χ3n) is 3.36. The molecule has 0 saturated heterocycles. The lowest BCUT2D eigenvalue weighted by atomic mass is 10.1. The predicted octanol–water partition coefficient (Wildman–Crippen LogP) is 2.42. The summed E-state index contributed by atoms with van der Waals surface area (Å²) >= 11 is 0. The van der Waals surface area contributed by atoms with E-state index in [1.54, 1.807) is 36.2 Å². The Labute approximate surface area is 118 Å². The Balaban J connectivity index is 2.00. The number of hydrogen-bond acceptors (Lipinski definition) is 4. The molecule has 0 radical (unpaired) electrons. The zero-order valence-electron chi connectivity index (χ0n) is 11.0. The number of H-pyrrole nitrogens is 1. The maximum absolute atomic E-state index is 14.3. The van der Waals surface area contributed by atoms with Crippen LogP contribution in [-0.2, 0) is 0 Å². The molecule has 0 spiro atoms. The highest BCUT2D eigenvalue weighted by Gasteiger charge is 2.15. The van der Waals surface area contributed by atoms with Crippen molar-refractivity contribution >= 4 is 16.6 Å². The van der Waals surface area contributed by atoms with Crippen LogP contribution in [0.15, 0.2) is 36.8 Å².